The number of nitrogens with one attached hydrogen (secondary N) is 2. The van der Waals surface area contributed by atoms with Gasteiger partial charge in [0.05, 0.1) is 11.1 Å². The molecule has 1 aliphatic heterocycles. The van der Waals surface area contributed by atoms with Gasteiger partial charge in [-0.3, -0.25) is 19.2 Å². The summed E-state index contributed by atoms with van der Waals surface area (Å²) >= 11 is 5.58. The van der Waals surface area contributed by atoms with Gasteiger partial charge < -0.3 is 20.5 Å². The second-order valence-corrected chi connectivity index (χ2v) is 8.43. The third-order valence-corrected chi connectivity index (χ3v) is 5.80. The van der Waals surface area contributed by atoms with Crippen LogP contribution in [0, 0.1) is 5.82 Å². The van der Waals surface area contributed by atoms with Gasteiger partial charge in [0.1, 0.15) is 17.6 Å². The number of alkyl halides is 3. The van der Waals surface area contributed by atoms with Crippen LogP contribution in [0.15, 0.2) is 18.2 Å². The summed E-state index contributed by atoms with van der Waals surface area (Å²) in [4.78, 5) is 37.2. The zero-order chi connectivity index (χ0) is 25.0. The molecular weight excluding hydrogens is 490 g/mol. The van der Waals surface area contributed by atoms with Gasteiger partial charge in [0.25, 0.3) is 5.91 Å². The van der Waals surface area contributed by atoms with Gasteiger partial charge in [0.15, 0.2) is 6.61 Å². The molecule has 2 aliphatic rings. The van der Waals surface area contributed by atoms with Crippen molar-refractivity contribution in [2.75, 3.05) is 13.2 Å². The number of hydrogen-bond donors (Lipinski definition) is 3. The van der Waals surface area contributed by atoms with Crippen molar-refractivity contribution < 1.29 is 46.5 Å². The van der Waals surface area contributed by atoms with Crippen LogP contribution in [0.3, 0.4) is 0 Å². The molecule has 3 N–H and O–H groups in total. The van der Waals surface area contributed by atoms with Gasteiger partial charge in [0.2, 0.25) is 5.91 Å². The lowest BCUT2D eigenvalue weighted by Gasteiger charge is -2.40. The lowest BCUT2D eigenvalue weighted by molar-refractivity contribution is -0.351. The zero-order valence-corrected chi connectivity index (χ0v) is 18.4. The summed E-state index contributed by atoms with van der Waals surface area (Å²) in [6.07, 6.45) is -6.84. The number of likely N-dealkylation sites (tertiary alicyclic amines) is 1. The molecule has 0 bridgehead atoms. The number of hydrogen-bond acceptors (Lipinski definition) is 5. The topological polar surface area (TPSA) is 117 Å². The molecule has 0 radical (unpaired) electrons. The van der Waals surface area contributed by atoms with Gasteiger partial charge in [-0.25, -0.2) is 9.18 Å². The minimum Gasteiger partial charge on any atom is -0.484 e. The average Bonchev–Trinajstić information content (AvgIpc) is 2.72. The van der Waals surface area contributed by atoms with E-state index in [9.17, 15) is 37.1 Å². The Morgan fingerprint density at radius 2 is 1.85 bits per heavy atom. The number of piperidine rings is 1. The van der Waals surface area contributed by atoms with E-state index in [0.29, 0.717) is 0 Å². The fourth-order valence-corrected chi connectivity index (χ4v) is 3.94. The van der Waals surface area contributed by atoms with E-state index in [-0.39, 0.29) is 43.0 Å². The standard InChI is InChI=1S/C20H22ClF4N3O6/c21-14-3-2-12(7-15(14)22)33-9-17(29)26-10-1-4-16(28(8-10)19(31)32)18(30)27-11-5-13(6-11)34-20(23,24)25/h2-3,7,10-11,13,16H,1,4-6,8-9H2,(H,26,29)(H,27,30)(H,31,32)/t10-,11?,13?,16+/m0/s1. The van der Waals surface area contributed by atoms with E-state index in [1.54, 1.807) is 0 Å². The maximum Gasteiger partial charge on any atom is 0.522 e. The molecule has 3 rings (SSSR count). The van der Waals surface area contributed by atoms with Crippen molar-refractivity contribution in [1.82, 2.24) is 15.5 Å². The molecule has 0 spiro atoms. The molecule has 9 nitrogen and oxygen atoms in total. The number of nitrogens with zero attached hydrogens (tertiary/aromatic N) is 1. The number of ether oxygens (including phenoxy) is 2. The smallest absolute Gasteiger partial charge is 0.484 e. The van der Waals surface area contributed by atoms with Crippen molar-refractivity contribution in [3.05, 3.63) is 29.0 Å². The molecule has 1 aromatic carbocycles. The molecule has 188 valence electrons. The average molecular weight is 512 g/mol. The molecule has 1 aliphatic carbocycles. The van der Waals surface area contributed by atoms with Crippen LogP contribution in [-0.2, 0) is 14.3 Å². The molecule has 2 fully saturated rings. The van der Waals surface area contributed by atoms with E-state index < -0.39 is 60.9 Å². The maximum absolute atomic E-state index is 13.4. The van der Waals surface area contributed by atoms with Crippen molar-refractivity contribution in [2.24, 2.45) is 0 Å². The largest absolute Gasteiger partial charge is 0.522 e. The second kappa shape index (κ2) is 10.6. The van der Waals surface area contributed by atoms with Crippen LogP contribution in [0.25, 0.3) is 0 Å². The van der Waals surface area contributed by atoms with Crippen LogP contribution in [0.5, 0.6) is 5.75 Å². The van der Waals surface area contributed by atoms with Crippen molar-refractivity contribution in [1.29, 1.82) is 0 Å². The Morgan fingerprint density at radius 1 is 1.15 bits per heavy atom. The molecular formula is C20H22ClF4N3O6. The van der Waals surface area contributed by atoms with Gasteiger partial charge >= 0.3 is 12.5 Å². The Hall–Kier alpha value is -2.80. The summed E-state index contributed by atoms with van der Waals surface area (Å²) in [5.41, 5.74) is 0. The van der Waals surface area contributed by atoms with E-state index in [0.717, 1.165) is 11.0 Å². The summed E-state index contributed by atoms with van der Waals surface area (Å²) in [6.45, 7) is -0.614. The first-order valence-corrected chi connectivity index (χ1v) is 10.7. The highest BCUT2D eigenvalue weighted by atomic mass is 35.5. The lowest BCUT2D eigenvalue weighted by atomic mass is 9.88. The number of benzene rings is 1. The fourth-order valence-electron chi connectivity index (χ4n) is 3.82. The van der Waals surface area contributed by atoms with E-state index in [4.69, 9.17) is 16.3 Å². The first kappa shape index (κ1) is 25.8. The summed E-state index contributed by atoms with van der Waals surface area (Å²) < 4.78 is 59.1. The molecule has 0 aromatic heterocycles. The SMILES string of the molecule is O=C(COc1ccc(Cl)c(F)c1)N[C@H]1CC[C@H](C(=O)NC2CC(OC(F)(F)F)C2)N(C(=O)O)C1. The Kier molecular flexibility index (Phi) is 8.08. The van der Waals surface area contributed by atoms with Crippen LogP contribution >= 0.6 is 11.6 Å². The first-order chi connectivity index (χ1) is 15.9. The number of carboxylic acid groups (broad SMARTS) is 1. The third kappa shape index (κ3) is 7.10. The van der Waals surface area contributed by atoms with Crippen LogP contribution < -0.4 is 15.4 Å². The van der Waals surface area contributed by atoms with Crippen LogP contribution in [0.1, 0.15) is 25.7 Å². The molecule has 1 saturated carbocycles. The predicted octanol–water partition coefficient (Wildman–Crippen LogP) is 2.67. The van der Waals surface area contributed by atoms with Crippen molar-refractivity contribution in [3.8, 4) is 5.75 Å². The number of carbonyl (C=O) groups excluding carboxylic acids is 2. The molecule has 1 heterocycles. The molecule has 14 heteroatoms. The quantitative estimate of drug-likeness (QED) is 0.485. The summed E-state index contributed by atoms with van der Waals surface area (Å²) in [6, 6.07) is 1.50. The van der Waals surface area contributed by atoms with Gasteiger partial charge in [0, 0.05) is 24.7 Å². The molecule has 34 heavy (non-hydrogen) atoms. The van der Waals surface area contributed by atoms with Gasteiger partial charge in [-0.1, -0.05) is 11.6 Å². The molecule has 3 amide bonds. The highest BCUT2D eigenvalue weighted by Gasteiger charge is 2.42. The van der Waals surface area contributed by atoms with E-state index in [1.165, 1.54) is 12.1 Å². The Labute approximate surface area is 196 Å². The van der Waals surface area contributed by atoms with E-state index in [1.807, 2.05) is 0 Å². The normalized spacial score (nSPS) is 24.7. The van der Waals surface area contributed by atoms with E-state index in [2.05, 4.69) is 15.4 Å². The molecule has 2 atom stereocenters. The monoisotopic (exact) mass is 511 g/mol. The molecule has 1 saturated heterocycles. The Morgan fingerprint density at radius 3 is 2.47 bits per heavy atom. The van der Waals surface area contributed by atoms with E-state index >= 15 is 0 Å². The second-order valence-electron chi connectivity index (χ2n) is 8.02. The number of carbonyl (C=O) groups is 3. The zero-order valence-electron chi connectivity index (χ0n) is 17.6. The summed E-state index contributed by atoms with van der Waals surface area (Å²) in [5, 5.41) is 14.6. The minimum absolute atomic E-state index is 0.0265. The number of rotatable bonds is 7. The first-order valence-electron chi connectivity index (χ1n) is 10.3. The fraction of sp³-hybridized carbons (Fsp3) is 0.550. The number of halogens is 5. The van der Waals surface area contributed by atoms with Gasteiger partial charge in [-0.05, 0) is 37.8 Å². The summed E-state index contributed by atoms with van der Waals surface area (Å²) in [7, 11) is 0. The molecule has 1 aromatic rings. The number of amides is 3. The van der Waals surface area contributed by atoms with Crippen molar-refractivity contribution in [2.45, 2.75) is 56.3 Å². The van der Waals surface area contributed by atoms with Crippen LogP contribution in [0.2, 0.25) is 5.02 Å². The van der Waals surface area contributed by atoms with Crippen LogP contribution in [-0.4, -0.2) is 71.7 Å². The molecule has 0 unspecified atom stereocenters. The maximum atomic E-state index is 13.4. The van der Waals surface area contributed by atoms with Crippen molar-refractivity contribution in [3.63, 3.8) is 0 Å². The van der Waals surface area contributed by atoms with Gasteiger partial charge in [-0.15, -0.1) is 13.2 Å². The highest BCUT2D eigenvalue weighted by Crippen LogP contribution is 2.31. The highest BCUT2D eigenvalue weighted by molar-refractivity contribution is 6.30. The predicted molar refractivity (Wildman–Crippen MR) is 109 cm³/mol. The van der Waals surface area contributed by atoms with Gasteiger partial charge in [-0.2, -0.15) is 0 Å². The lowest BCUT2D eigenvalue weighted by Crippen LogP contribution is -2.60. The minimum atomic E-state index is -4.75. The Balaban J connectivity index is 1.45. The van der Waals surface area contributed by atoms with Crippen molar-refractivity contribution >= 4 is 29.5 Å². The van der Waals surface area contributed by atoms with Crippen LogP contribution in [0.4, 0.5) is 22.4 Å². The third-order valence-electron chi connectivity index (χ3n) is 5.50. The Bertz CT molecular complexity index is 928. The summed E-state index contributed by atoms with van der Waals surface area (Å²) in [5.74, 6) is -1.81.